The topological polar surface area (TPSA) is 235 Å². The van der Waals surface area contributed by atoms with E-state index < -0.39 is 18.1 Å². The fourth-order valence-electron chi connectivity index (χ4n) is 23.5. The van der Waals surface area contributed by atoms with Gasteiger partial charge in [-0.05, 0) is 118 Å². The predicted octanol–water partition coefficient (Wildman–Crippen LogP) is 18.0. The predicted molar refractivity (Wildman–Crippen MR) is 515 cm³/mol. The molecule has 19 aromatic rings. The monoisotopic (exact) mass is 1690 g/mol. The maximum Gasteiger partial charge on any atom is 0.129 e. The molecule has 0 spiro atoms. The van der Waals surface area contributed by atoms with Crippen molar-refractivity contribution in [1.82, 2.24) is 60.8 Å². The fourth-order valence-corrected chi connectivity index (χ4v) is 23.5. The summed E-state index contributed by atoms with van der Waals surface area (Å²) in [5.74, 6) is 1.95. The zero-order chi connectivity index (χ0) is 85.6. The Balaban J connectivity index is 0.581. The van der Waals surface area contributed by atoms with E-state index in [0.29, 0.717) is 17.5 Å². The number of aromatic amines is 3. The molecule has 0 saturated carbocycles. The Bertz CT molecular complexity index is 8750. The van der Waals surface area contributed by atoms with Crippen molar-refractivity contribution in [3.05, 3.63) is 431 Å². The molecule has 0 radical (unpaired) electrons. The molecule has 24 bridgehead atoms. The van der Waals surface area contributed by atoms with E-state index in [-0.39, 0.29) is 42.0 Å². The molecule has 10 aromatic carbocycles. The highest BCUT2D eigenvalue weighted by Crippen LogP contribution is 2.55. The van der Waals surface area contributed by atoms with Crippen LogP contribution >= 0.6 is 0 Å². The first kappa shape index (κ1) is 71.0. The largest absolute Gasteiger partial charge is 0.360 e. The average molecular weight is 1690 g/mol. The molecule has 18 heteroatoms. The lowest BCUT2D eigenvalue weighted by Crippen LogP contribution is -2.31. The number of amidine groups is 3. The van der Waals surface area contributed by atoms with Gasteiger partial charge in [0.1, 0.15) is 35.6 Å². The Morgan fingerprint density at radius 3 is 1.03 bits per heavy atom. The lowest BCUT2D eigenvalue weighted by atomic mass is 9.84. The second-order valence-corrected chi connectivity index (χ2v) is 36.6. The normalized spacial score (nSPS) is 21.3. The minimum Gasteiger partial charge on any atom is -0.360 e. The Morgan fingerprint density at radius 1 is 0.258 bits per heavy atom. The van der Waals surface area contributed by atoms with Gasteiger partial charge in [-0.3, -0.25) is 25.0 Å². The van der Waals surface area contributed by atoms with Crippen LogP contribution in [0.5, 0.6) is 0 Å². The molecule has 10 atom stereocenters. The van der Waals surface area contributed by atoms with Crippen LogP contribution in [0.4, 0.5) is 0 Å². The molecule has 9 aromatic heterocycles. The number of rotatable bonds is 6. The molecule has 3 aliphatic carbocycles. The van der Waals surface area contributed by atoms with Gasteiger partial charge in [-0.1, -0.05) is 237 Å². The fraction of sp³-hybridized carbons (Fsp3) is 0.0877. The molecular formula is C114H70N18. The van der Waals surface area contributed by atoms with Gasteiger partial charge in [-0.15, -0.1) is 0 Å². The lowest BCUT2D eigenvalue weighted by Gasteiger charge is -2.29. The number of pyridine rings is 6. The number of hydrogen-bond acceptors (Lipinski definition) is 15. The van der Waals surface area contributed by atoms with Gasteiger partial charge in [0.15, 0.2) is 0 Å². The second kappa shape index (κ2) is 26.3. The zero-order valence-corrected chi connectivity index (χ0v) is 70.3. The molecular weight excluding hydrogens is 1620 g/mol. The number of aromatic nitrogens is 9. The first-order chi connectivity index (χ1) is 65.3. The molecule has 616 valence electrons. The average Bonchev–Trinajstić information content (AvgIpc) is 1.47. The summed E-state index contributed by atoms with van der Waals surface area (Å²) in [6.07, 6.45) is 6.89. The number of fused-ring (bicyclic) bond motifs is 27. The summed E-state index contributed by atoms with van der Waals surface area (Å²) in [5, 5.41) is 21.6. The summed E-state index contributed by atoms with van der Waals surface area (Å²) in [6, 6.07) is 108. The van der Waals surface area contributed by atoms with Crippen molar-refractivity contribution >= 4 is 74.0 Å². The number of nitrogens with one attached hydrogen (secondary N) is 6. The van der Waals surface area contributed by atoms with Crippen LogP contribution in [0.25, 0.3) is 158 Å². The van der Waals surface area contributed by atoms with Crippen LogP contribution in [0.2, 0.25) is 0 Å². The molecule has 6 N–H and O–H groups in total. The van der Waals surface area contributed by atoms with Gasteiger partial charge in [-0.2, -0.15) is 0 Å². The minimum atomic E-state index is -0.418. The third kappa shape index (κ3) is 10.2. The van der Waals surface area contributed by atoms with E-state index in [1.165, 1.54) is 11.1 Å². The Morgan fingerprint density at radius 2 is 0.606 bits per heavy atom. The maximum absolute atomic E-state index is 5.94. The van der Waals surface area contributed by atoms with Crippen molar-refractivity contribution in [3.8, 4) is 102 Å². The van der Waals surface area contributed by atoms with E-state index in [1.54, 1.807) is 0 Å². The smallest absolute Gasteiger partial charge is 0.129 e. The van der Waals surface area contributed by atoms with Crippen molar-refractivity contribution < 1.29 is 0 Å². The van der Waals surface area contributed by atoms with Crippen LogP contribution < -0.4 is 47.7 Å². The van der Waals surface area contributed by atoms with Crippen LogP contribution in [-0.4, -0.2) is 74.4 Å². The molecule has 0 fully saturated rings. The van der Waals surface area contributed by atoms with Gasteiger partial charge >= 0.3 is 0 Å². The molecule has 12 aliphatic rings. The molecule has 10 unspecified atom stereocenters. The second-order valence-electron chi connectivity index (χ2n) is 36.6. The third-order valence-corrected chi connectivity index (χ3v) is 29.5. The summed E-state index contributed by atoms with van der Waals surface area (Å²) in [6.45, 7) is 0. The van der Waals surface area contributed by atoms with Crippen molar-refractivity contribution in [2.24, 2.45) is 30.0 Å². The van der Waals surface area contributed by atoms with Crippen molar-refractivity contribution in [3.63, 3.8) is 0 Å². The number of allylic oxidation sites excluding steroid dienone is 1. The Kier molecular flexibility index (Phi) is 14.1. The first-order valence-corrected chi connectivity index (χ1v) is 45.4. The van der Waals surface area contributed by atoms with E-state index >= 15 is 0 Å². The number of nitrogens with zero attached hydrogens (tertiary/aromatic N) is 12. The standard InChI is InChI=1S/C114H70N18/c1-4-16-55(17-5-1)91-85-49-58-22-10-28-67(94(58)121-85)79-40-34-73-100(115-79)101-74(35-41-80(116-101)68-29-11-23-59-50-86(91)122-95(59)68)107-106(73)127-112(128-107)64-46-65(113-129-108-75-36-42-81-69-30-12-24-60-51-87(123-96(60)69)92(56-18-6-2-7-19-56)88-52-61-25-13-31-70(97(61)124-88)82-43-37-76(109(108)130-113)103(118-82)102(75)117-81)48-66(47-64)114-131-110-77-38-44-83-71-32-14-26-62-53-89(125-98(62)71)93(57-20-8-3-9-21-57)90-54-63-27-15-33-72(99(63)126-90)84-45-39-78(111(110)132-114)105(120-84)104(77)119-83/h1-54,85,87,91-92,106-111,122,124-125H,(H,127,128)(H,129,130)(H,131,132)/b93-90-. The van der Waals surface area contributed by atoms with Crippen molar-refractivity contribution in [2.75, 3.05) is 0 Å². The van der Waals surface area contributed by atoms with Crippen molar-refractivity contribution in [1.29, 1.82) is 0 Å². The number of benzene rings is 10. The van der Waals surface area contributed by atoms with Gasteiger partial charge in [0.2, 0.25) is 0 Å². The van der Waals surface area contributed by atoms with E-state index in [1.807, 2.05) is 0 Å². The quantitative estimate of drug-likeness (QED) is 0.0927. The van der Waals surface area contributed by atoms with Crippen LogP contribution in [0, 0.1) is 0 Å². The molecule has 31 rings (SSSR count). The highest BCUT2D eigenvalue weighted by Gasteiger charge is 2.47. The maximum atomic E-state index is 5.94. The highest BCUT2D eigenvalue weighted by atomic mass is 15.2. The SMILES string of the molecule is C1=c2cccc3c2=N/C1=C(/c1ccccc1)c1cc2cccc(c2[nH]1)-c1ccc2c(n1)-c1nc-3ccc1C1N=C(c3cc(C4=NC5c6ccc7nc6-c6nc(ccc6C5N4)-c4cccc5cc([nH]c45)C(c4ccccc4)C4C=c5cccc-7c5=N4)cc(C4=NC5c6ccc7nc6-c6nc(ccc6C5N4)-c4cccc5cc([nH]c45)C(c4ccccc4)C4C=c5cccc-7c5=N4)c3)NC21. The summed E-state index contributed by atoms with van der Waals surface area (Å²) < 4.78 is 0. The molecule has 18 nitrogen and oxygen atoms in total. The molecule has 0 saturated heterocycles. The zero-order valence-electron chi connectivity index (χ0n) is 70.3. The van der Waals surface area contributed by atoms with Crippen molar-refractivity contribution in [2.45, 2.75) is 60.2 Å². The summed E-state index contributed by atoms with van der Waals surface area (Å²) >= 11 is 0. The van der Waals surface area contributed by atoms with Crippen LogP contribution in [-0.2, 0) is 0 Å². The van der Waals surface area contributed by atoms with E-state index in [0.717, 1.165) is 250 Å². The molecule has 18 heterocycles. The van der Waals surface area contributed by atoms with Gasteiger partial charge in [0, 0.05) is 127 Å². The van der Waals surface area contributed by atoms with Crippen LogP contribution in [0.3, 0.4) is 0 Å². The van der Waals surface area contributed by atoms with E-state index in [2.05, 4.69) is 359 Å². The minimum absolute atomic E-state index is 0.0881. The van der Waals surface area contributed by atoms with Crippen LogP contribution in [0.1, 0.15) is 132 Å². The van der Waals surface area contributed by atoms with E-state index in [9.17, 15) is 0 Å². The van der Waals surface area contributed by atoms with Crippen LogP contribution in [0.15, 0.2) is 345 Å². The number of aliphatic imine (C=N–C) groups is 3. The highest BCUT2D eigenvalue weighted by molar-refractivity contribution is 6.11. The Labute approximate surface area is 752 Å². The Hall–Kier alpha value is -17.1. The third-order valence-electron chi connectivity index (χ3n) is 29.5. The summed E-state index contributed by atoms with van der Waals surface area (Å²) in [5.41, 5.74) is 35.5. The number of para-hydroxylation sites is 6. The summed E-state index contributed by atoms with van der Waals surface area (Å²) in [4.78, 5) is 81.3. The summed E-state index contributed by atoms with van der Waals surface area (Å²) in [7, 11) is 0. The first-order valence-electron chi connectivity index (χ1n) is 45.4. The molecule has 132 heavy (non-hydrogen) atoms. The van der Waals surface area contributed by atoms with Gasteiger partial charge in [0.05, 0.1) is 149 Å². The van der Waals surface area contributed by atoms with Gasteiger partial charge < -0.3 is 30.9 Å². The van der Waals surface area contributed by atoms with Gasteiger partial charge in [0.25, 0.3) is 0 Å². The van der Waals surface area contributed by atoms with E-state index in [4.69, 9.17) is 59.9 Å². The molecule has 0 amide bonds. The number of H-pyrrole nitrogens is 3. The van der Waals surface area contributed by atoms with Gasteiger partial charge in [-0.25, -0.2) is 34.9 Å². The number of hydrogen-bond donors (Lipinski definition) is 6. The lowest BCUT2D eigenvalue weighted by molar-refractivity contribution is 0.561. The molecule has 9 aliphatic heterocycles.